The second kappa shape index (κ2) is 11.6. The van der Waals surface area contributed by atoms with Gasteiger partial charge in [0.15, 0.2) is 0 Å². The van der Waals surface area contributed by atoms with E-state index in [1.807, 2.05) is 6.92 Å². The summed E-state index contributed by atoms with van der Waals surface area (Å²) in [6.07, 6.45) is 2.15. The Morgan fingerprint density at radius 1 is 1.15 bits per heavy atom. The Balaban J connectivity index is 1.99. The van der Waals surface area contributed by atoms with Gasteiger partial charge in [-0.3, -0.25) is 9.59 Å². The third-order valence-electron chi connectivity index (χ3n) is 6.42. The minimum atomic E-state index is -0.928. The highest BCUT2D eigenvalue weighted by Crippen LogP contribution is 2.39. The minimum absolute atomic E-state index is 0.00619. The van der Waals surface area contributed by atoms with E-state index in [1.165, 1.54) is 23.8 Å². The monoisotopic (exact) mass is 562 g/mol. The molecule has 9 nitrogen and oxygen atoms in total. The van der Waals surface area contributed by atoms with Crippen molar-refractivity contribution in [1.29, 1.82) is 0 Å². The van der Waals surface area contributed by atoms with Crippen LogP contribution in [0.2, 0.25) is 5.02 Å². The smallest absolute Gasteiger partial charge is 0.343 e. The molecule has 208 valence electrons. The number of hydrogen-bond acceptors (Lipinski definition) is 8. The van der Waals surface area contributed by atoms with Crippen LogP contribution >= 0.6 is 11.6 Å². The third kappa shape index (κ3) is 5.55. The normalized spacial score (nSPS) is 13.4. The number of nitrogens with one attached hydrogen (secondary N) is 1. The molecule has 1 fully saturated rings. The van der Waals surface area contributed by atoms with Crippen molar-refractivity contribution < 1.29 is 27.8 Å². The van der Waals surface area contributed by atoms with Crippen LogP contribution in [0.5, 0.6) is 0 Å². The van der Waals surface area contributed by atoms with Gasteiger partial charge in [-0.05, 0) is 38.1 Å². The summed E-state index contributed by atoms with van der Waals surface area (Å²) in [7, 11) is 0. The second-order valence-electron chi connectivity index (χ2n) is 9.22. The number of aromatic nitrogens is 1. The van der Waals surface area contributed by atoms with Crippen molar-refractivity contribution in [2.24, 2.45) is 0 Å². The number of hydrogen-bond donors (Lipinski definition) is 2. The Morgan fingerprint density at radius 2 is 1.87 bits per heavy atom. The number of nitrogens with two attached hydrogens (primary N) is 1. The first-order chi connectivity index (χ1) is 18.6. The van der Waals surface area contributed by atoms with Gasteiger partial charge in [0.25, 0.3) is 0 Å². The van der Waals surface area contributed by atoms with Gasteiger partial charge in [-0.15, -0.1) is 0 Å². The van der Waals surface area contributed by atoms with Gasteiger partial charge >= 0.3 is 11.9 Å². The van der Waals surface area contributed by atoms with E-state index in [9.17, 15) is 18.8 Å². The number of ether oxygens (including phenoxy) is 2. The molecule has 3 N–H and O–H groups in total. The van der Waals surface area contributed by atoms with Gasteiger partial charge in [0, 0.05) is 37.8 Å². The van der Waals surface area contributed by atoms with E-state index >= 15 is 4.39 Å². The summed E-state index contributed by atoms with van der Waals surface area (Å²) in [5.41, 5.74) is 4.97. The van der Waals surface area contributed by atoms with E-state index in [0.717, 1.165) is 25.1 Å². The van der Waals surface area contributed by atoms with Crippen LogP contribution in [0.1, 0.15) is 43.1 Å². The molecule has 0 spiro atoms. The highest BCUT2D eigenvalue weighted by atomic mass is 35.5. The van der Waals surface area contributed by atoms with Crippen molar-refractivity contribution in [2.45, 2.75) is 39.8 Å². The van der Waals surface area contributed by atoms with Gasteiger partial charge in [0.2, 0.25) is 5.43 Å². The highest BCUT2D eigenvalue weighted by molar-refractivity contribution is 6.38. The molecular formula is C27H29ClF2N4O5. The van der Waals surface area contributed by atoms with Crippen LogP contribution in [0.3, 0.4) is 0 Å². The number of carbonyl (C=O) groups excluding carboxylic acids is 2. The molecule has 3 aromatic rings. The summed E-state index contributed by atoms with van der Waals surface area (Å²) in [6, 6.07) is 3.53. The van der Waals surface area contributed by atoms with Crippen molar-refractivity contribution >= 4 is 45.8 Å². The lowest BCUT2D eigenvalue weighted by Gasteiger charge is -2.42. The molecule has 0 saturated carbocycles. The van der Waals surface area contributed by atoms with E-state index in [-0.39, 0.29) is 63.4 Å². The number of esters is 2. The van der Waals surface area contributed by atoms with Gasteiger partial charge in [0.05, 0.1) is 39.6 Å². The van der Waals surface area contributed by atoms with E-state index in [2.05, 4.69) is 5.32 Å². The van der Waals surface area contributed by atoms with E-state index < -0.39 is 29.0 Å². The number of anilines is 2. The van der Waals surface area contributed by atoms with E-state index in [0.29, 0.717) is 13.1 Å². The summed E-state index contributed by atoms with van der Waals surface area (Å²) in [4.78, 5) is 39.3. The number of halogens is 3. The van der Waals surface area contributed by atoms with E-state index in [4.69, 9.17) is 26.8 Å². The first-order valence-electron chi connectivity index (χ1n) is 12.5. The van der Waals surface area contributed by atoms with Crippen LogP contribution in [0.25, 0.3) is 16.6 Å². The highest BCUT2D eigenvalue weighted by Gasteiger charge is 2.32. The molecule has 4 rings (SSSR count). The fourth-order valence-electron chi connectivity index (χ4n) is 4.52. The summed E-state index contributed by atoms with van der Waals surface area (Å²) in [5.74, 6) is -3.03. The van der Waals surface area contributed by atoms with Crippen LogP contribution in [0.15, 0.2) is 29.2 Å². The molecule has 0 aliphatic carbocycles. The van der Waals surface area contributed by atoms with Crippen LogP contribution < -0.4 is 21.4 Å². The Labute approximate surface area is 228 Å². The minimum Gasteiger partial charge on any atom is -0.462 e. The summed E-state index contributed by atoms with van der Waals surface area (Å²) < 4.78 is 41.5. The van der Waals surface area contributed by atoms with Crippen LogP contribution in [-0.2, 0) is 20.9 Å². The molecular weight excluding hydrogens is 534 g/mol. The Bertz CT molecular complexity index is 1500. The topological polar surface area (TPSA) is 116 Å². The SMILES string of the molecule is CCCNC1CN(c2c(F)cc3c(=O)c(C(=O)OCC)cn(-c4cc(N)c(F)cc4COC(C)=O)c3c2Cl)C1. The Kier molecular flexibility index (Phi) is 8.41. The zero-order valence-electron chi connectivity index (χ0n) is 21.8. The summed E-state index contributed by atoms with van der Waals surface area (Å²) >= 11 is 6.81. The van der Waals surface area contributed by atoms with Gasteiger partial charge < -0.3 is 30.0 Å². The lowest BCUT2D eigenvalue weighted by atomic mass is 10.0. The average Bonchev–Trinajstić information content (AvgIpc) is 2.85. The maximum atomic E-state index is 15.5. The number of fused-ring (bicyclic) bond motifs is 1. The van der Waals surface area contributed by atoms with Crippen molar-refractivity contribution in [3.63, 3.8) is 0 Å². The number of rotatable bonds is 9. The molecule has 2 aromatic carbocycles. The van der Waals surface area contributed by atoms with Gasteiger partial charge in [-0.1, -0.05) is 18.5 Å². The molecule has 0 radical (unpaired) electrons. The molecule has 0 unspecified atom stereocenters. The largest absolute Gasteiger partial charge is 0.462 e. The molecule has 1 aliphatic rings. The standard InChI is InChI=1S/C27H29ClF2N4O5/c1-4-6-32-16-10-33(11-16)25-20(30)8-17-24(23(25)28)34(12-18(26(17)36)27(37)38-5-2)22-9-21(31)19(29)7-15(22)13-39-14(3)35/h7-9,12,16,32H,4-6,10-11,13,31H2,1-3H3. The van der Waals surface area contributed by atoms with Crippen molar-refractivity contribution in [2.75, 3.05) is 36.9 Å². The predicted molar refractivity (Wildman–Crippen MR) is 145 cm³/mol. The number of nitrogens with zero attached hydrogens (tertiary/aromatic N) is 2. The number of benzene rings is 2. The first-order valence-corrected chi connectivity index (χ1v) is 12.9. The summed E-state index contributed by atoms with van der Waals surface area (Å²) in [6.45, 7) is 6.28. The number of pyridine rings is 1. The van der Waals surface area contributed by atoms with Crippen molar-refractivity contribution in [3.8, 4) is 5.69 Å². The molecule has 0 atom stereocenters. The van der Waals surface area contributed by atoms with Gasteiger partial charge in [-0.25, -0.2) is 13.6 Å². The predicted octanol–water partition coefficient (Wildman–Crippen LogP) is 3.93. The molecule has 0 amide bonds. The fourth-order valence-corrected chi connectivity index (χ4v) is 4.92. The maximum absolute atomic E-state index is 15.5. The Morgan fingerprint density at radius 3 is 2.51 bits per heavy atom. The van der Waals surface area contributed by atoms with Crippen molar-refractivity contribution in [3.05, 3.63) is 62.4 Å². The van der Waals surface area contributed by atoms with Gasteiger partial charge in [0.1, 0.15) is 23.8 Å². The Hall–Kier alpha value is -3.70. The van der Waals surface area contributed by atoms with Crippen molar-refractivity contribution in [1.82, 2.24) is 9.88 Å². The molecule has 0 bridgehead atoms. The fraction of sp³-hybridized carbons (Fsp3) is 0.370. The summed E-state index contributed by atoms with van der Waals surface area (Å²) in [5, 5.41) is 3.10. The third-order valence-corrected chi connectivity index (χ3v) is 6.78. The van der Waals surface area contributed by atoms with E-state index in [1.54, 1.807) is 11.8 Å². The maximum Gasteiger partial charge on any atom is 0.343 e. The van der Waals surface area contributed by atoms with Crippen LogP contribution in [-0.4, -0.2) is 48.8 Å². The molecule has 2 heterocycles. The lowest BCUT2D eigenvalue weighted by molar-refractivity contribution is -0.142. The lowest BCUT2D eigenvalue weighted by Crippen LogP contribution is -2.58. The number of carbonyl (C=O) groups is 2. The van der Waals surface area contributed by atoms with Crippen LogP contribution in [0.4, 0.5) is 20.2 Å². The molecule has 12 heteroatoms. The molecule has 1 saturated heterocycles. The van der Waals surface area contributed by atoms with Gasteiger partial charge in [-0.2, -0.15) is 0 Å². The molecule has 1 aromatic heterocycles. The zero-order valence-corrected chi connectivity index (χ0v) is 22.5. The average molecular weight is 563 g/mol. The zero-order chi connectivity index (χ0) is 28.4. The van der Waals surface area contributed by atoms with Crippen LogP contribution in [0, 0.1) is 11.6 Å². The molecule has 1 aliphatic heterocycles. The second-order valence-corrected chi connectivity index (χ2v) is 9.60. The first kappa shape index (κ1) is 28.3. The molecule has 39 heavy (non-hydrogen) atoms. The quantitative estimate of drug-likeness (QED) is 0.298. The number of nitrogen functional groups attached to an aromatic ring is 1.